The van der Waals surface area contributed by atoms with Gasteiger partial charge in [0, 0.05) is 10.2 Å². The van der Waals surface area contributed by atoms with E-state index in [2.05, 4.69) is 39.8 Å². The molecule has 0 spiro atoms. The molecule has 1 rings (SSSR count). The number of benzene rings is 1. The Morgan fingerprint density at radius 3 is 2.25 bits per heavy atom. The fourth-order valence-electron chi connectivity index (χ4n) is 2.50. The van der Waals surface area contributed by atoms with Crippen molar-refractivity contribution in [3.63, 3.8) is 0 Å². The third-order valence-corrected chi connectivity index (χ3v) is 3.62. The van der Waals surface area contributed by atoms with Gasteiger partial charge in [-0.25, -0.2) is 0 Å². The van der Waals surface area contributed by atoms with E-state index in [-0.39, 0.29) is 0 Å². The third kappa shape index (κ3) is 4.43. The van der Waals surface area contributed by atoms with E-state index in [0.29, 0.717) is 6.61 Å². The molecule has 0 atom stereocenters. The van der Waals surface area contributed by atoms with E-state index < -0.39 is 5.54 Å². The molecule has 110 valence electrons. The van der Waals surface area contributed by atoms with Crippen molar-refractivity contribution in [1.29, 1.82) is 0 Å². The van der Waals surface area contributed by atoms with Crippen LogP contribution in [0.5, 0.6) is 5.75 Å². The lowest BCUT2D eigenvalue weighted by Gasteiger charge is -2.29. The zero-order valence-corrected chi connectivity index (χ0v) is 13.8. The Bertz CT molecular complexity index is 435. The van der Waals surface area contributed by atoms with Crippen LogP contribution in [0.3, 0.4) is 0 Å². The van der Waals surface area contributed by atoms with Crippen molar-refractivity contribution in [2.24, 2.45) is 5.11 Å². The number of azide groups is 1. The van der Waals surface area contributed by atoms with E-state index in [1.165, 1.54) is 0 Å². The highest BCUT2D eigenvalue weighted by Crippen LogP contribution is 2.36. The first-order valence-electron chi connectivity index (χ1n) is 7.08. The fourth-order valence-corrected chi connectivity index (χ4v) is 2.66. The molecular formula is C15H22BrN3O. The van der Waals surface area contributed by atoms with Crippen LogP contribution < -0.4 is 4.74 Å². The van der Waals surface area contributed by atoms with E-state index >= 15 is 0 Å². The van der Waals surface area contributed by atoms with Gasteiger partial charge in [0.15, 0.2) is 0 Å². The molecule has 20 heavy (non-hydrogen) atoms. The molecule has 4 nitrogen and oxygen atoms in total. The van der Waals surface area contributed by atoms with Crippen LogP contribution in [0.4, 0.5) is 0 Å². The fraction of sp³-hybridized carbons (Fsp3) is 0.600. The number of ether oxygens (including phenoxy) is 1. The van der Waals surface area contributed by atoms with Crippen LogP contribution in [-0.2, 0) is 5.54 Å². The second-order valence-electron chi connectivity index (χ2n) is 4.78. The van der Waals surface area contributed by atoms with Crippen molar-refractivity contribution in [2.45, 2.75) is 45.1 Å². The molecule has 0 heterocycles. The molecule has 1 aromatic rings. The van der Waals surface area contributed by atoms with Gasteiger partial charge in [-0.3, -0.25) is 0 Å². The average Bonchev–Trinajstić information content (AvgIpc) is 2.46. The Kier molecular flexibility index (Phi) is 7.48. The first-order valence-corrected chi connectivity index (χ1v) is 8.20. The number of alkyl halides is 1. The summed E-state index contributed by atoms with van der Waals surface area (Å²) in [6.07, 6.45) is 3.71. The van der Waals surface area contributed by atoms with Gasteiger partial charge in [-0.2, -0.15) is 0 Å². The summed E-state index contributed by atoms with van der Waals surface area (Å²) in [6.45, 7) is 4.88. The first kappa shape index (κ1) is 16.9. The summed E-state index contributed by atoms with van der Waals surface area (Å²) < 4.78 is 5.55. The van der Waals surface area contributed by atoms with Crippen LogP contribution in [0.25, 0.3) is 10.4 Å². The number of nitrogens with zero attached hydrogens (tertiary/aromatic N) is 3. The van der Waals surface area contributed by atoms with Gasteiger partial charge in [0.2, 0.25) is 0 Å². The lowest BCUT2D eigenvalue weighted by molar-refractivity contribution is 0.342. The van der Waals surface area contributed by atoms with E-state index in [1.807, 2.05) is 24.3 Å². The van der Waals surface area contributed by atoms with Gasteiger partial charge >= 0.3 is 0 Å². The van der Waals surface area contributed by atoms with Gasteiger partial charge in [-0.15, -0.1) is 0 Å². The number of hydrogen-bond acceptors (Lipinski definition) is 2. The molecule has 0 aliphatic heterocycles. The summed E-state index contributed by atoms with van der Waals surface area (Å²) in [5, 5.41) is 4.94. The maximum atomic E-state index is 8.92. The quantitative estimate of drug-likeness (QED) is 0.251. The minimum absolute atomic E-state index is 0.424. The Morgan fingerprint density at radius 2 is 1.80 bits per heavy atom. The van der Waals surface area contributed by atoms with Crippen LogP contribution in [0.2, 0.25) is 0 Å². The molecule has 0 fully saturated rings. The highest BCUT2D eigenvalue weighted by molar-refractivity contribution is 9.09. The molecule has 0 amide bonds. The molecule has 0 unspecified atom stereocenters. The summed E-state index contributed by atoms with van der Waals surface area (Å²) in [7, 11) is 0. The Labute approximate surface area is 129 Å². The summed E-state index contributed by atoms with van der Waals surface area (Å²) in [6, 6.07) is 7.93. The van der Waals surface area contributed by atoms with Gasteiger partial charge < -0.3 is 4.74 Å². The molecular weight excluding hydrogens is 318 g/mol. The minimum atomic E-state index is -0.424. The zero-order valence-electron chi connectivity index (χ0n) is 12.2. The molecule has 5 heteroatoms. The van der Waals surface area contributed by atoms with Crippen molar-refractivity contribution in [3.8, 4) is 5.75 Å². The summed E-state index contributed by atoms with van der Waals surface area (Å²) in [5.41, 5.74) is 9.57. The van der Waals surface area contributed by atoms with Gasteiger partial charge in [-0.1, -0.05) is 59.9 Å². The van der Waals surface area contributed by atoms with Crippen LogP contribution in [0.1, 0.15) is 45.1 Å². The number of halogens is 1. The van der Waals surface area contributed by atoms with Crippen LogP contribution >= 0.6 is 15.9 Å². The average molecular weight is 340 g/mol. The Balaban J connectivity index is 3.03. The maximum absolute atomic E-state index is 8.92. The van der Waals surface area contributed by atoms with Crippen LogP contribution in [0.15, 0.2) is 29.4 Å². The normalized spacial score (nSPS) is 10.9. The second kappa shape index (κ2) is 8.88. The largest absolute Gasteiger partial charge is 0.493 e. The highest BCUT2D eigenvalue weighted by Gasteiger charge is 2.29. The molecule has 0 aliphatic carbocycles. The van der Waals surface area contributed by atoms with Gasteiger partial charge in [0.1, 0.15) is 5.75 Å². The lowest BCUT2D eigenvalue weighted by atomic mass is 9.82. The lowest BCUT2D eigenvalue weighted by Crippen LogP contribution is -2.22. The predicted molar refractivity (Wildman–Crippen MR) is 86.4 cm³/mol. The Hall–Kier alpha value is -1.19. The maximum Gasteiger partial charge on any atom is 0.119 e. The highest BCUT2D eigenvalue weighted by atomic mass is 79.9. The first-order chi connectivity index (χ1) is 9.72. The molecule has 0 saturated carbocycles. The predicted octanol–water partition coefficient (Wildman–Crippen LogP) is 5.57. The smallest absolute Gasteiger partial charge is 0.119 e. The molecule has 0 aromatic heterocycles. The van der Waals surface area contributed by atoms with Gasteiger partial charge in [0.05, 0.1) is 12.1 Å². The topological polar surface area (TPSA) is 58.0 Å². The van der Waals surface area contributed by atoms with Crippen molar-refractivity contribution >= 4 is 15.9 Å². The van der Waals surface area contributed by atoms with E-state index in [0.717, 1.165) is 42.3 Å². The monoisotopic (exact) mass is 339 g/mol. The number of rotatable bonds is 9. The molecule has 0 aliphatic rings. The van der Waals surface area contributed by atoms with Crippen LogP contribution in [0, 0.1) is 0 Å². The molecule has 1 aromatic carbocycles. The summed E-state index contributed by atoms with van der Waals surface area (Å²) in [4.78, 5) is 3.08. The number of hydrogen-bond donors (Lipinski definition) is 0. The van der Waals surface area contributed by atoms with E-state index in [1.54, 1.807) is 0 Å². The Morgan fingerprint density at radius 1 is 1.20 bits per heavy atom. The third-order valence-electron chi connectivity index (χ3n) is 3.30. The van der Waals surface area contributed by atoms with Crippen molar-refractivity contribution in [3.05, 3.63) is 40.3 Å². The minimum Gasteiger partial charge on any atom is -0.493 e. The summed E-state index contributed by atoms with van der Waals surface area (Å²) in [5.74, 6) is 0.844. The zero-order chi connectivity index (χ0) is 14.8. The molecule has 0 radical (unpaired) electrons. The van der Waals surface area contributed by atoms with Crippen molar-refractivity contribution in [1.82, 2.24) is 0 Å². The second-order valence-corrected chi connectivity index (χ2v) is 5.58. The molecule has 0 bridgehead atoms. The molecule has 0 saturated heterocycles. The SMILES string of the molecule is CCCC(CCC)(N=[N+]=[N-])c1ccc(OCCBr)cc1. The summed E-state index contributed by atoms with van der Waals surface area (Å²) >= 11 is 3.33. The van der Waals surface area contributed by atoms with Gasteiger partial charge in [-0.05, 0) is 36.1 Å². The van der Waals surface area contributed by atoms with Crippen LogP contribution in [-0.4, -0.2) is 11.9 Å². The van der Waals surface area contributed by atoms with E-state index in [9.17, 15) is 0 Å². The standard InChI is InChI=1S/C15H22BrN3O/c1-3-9-15(10-4-2,18-19-17)13-5-7-14(8-6-13)20-12-11-16/h5-8H,3-4,9-12H2,1-2H3. The van der Waals surface area contributed by atoms with Gasteiger partial charge in [0.25, 0.3) is 0 Å². The molecule has 0 N–H and O–H groups in total. The van der Waals surface area contributed by atoms with E-state index in [4.69, 9.17) is 10.3 Å². The van der Waals surface area contributed by atoms with Crippen molar-refractivity contribution < 1.29 is 4.74 Å². The van der Waals surface area contributed by atoms with Crippen molar-refractivity contribution in [2.75, 3.05) is 11.9 Å².